The van der Waals surface area contributed by atoms with Gasteiger partial charge in [0.2, 0.25) is 5.91 Å². The van der Waals surface area contributed by atoms with Gasteiger partial charge in [0.05, 0.1) is 24.0 Å². The summed E-state index contributed by atoms with van der Waals surface area (Å²) >= 11 is 5.81. The molecule has 1 heterocycles. The Labute approximate surface area is 152 Å². The molecule has 2 rings (SSSR count). The lowest BCUT2D eigenvalue weighted by atomic mass is 10.2. The molecule has 0 unspecified atom stereocenters. The van der Waals surface area contributed by atoms with Crippen molar-refractivity contribution in [2.75, 3.05) is 13.1 Å². The lowest BCUT2D eigenvalue weighted by Crippen LogP contribution is -2.37. The standard InChI is InChI=1S/C16H16ClF3N4O2/c1-2-6-21-13(25)9-22-15(26)12-8-23-24(14(12)16(18,19)20)11-5-3-4-10(17)7-11/h3-5,7-8H,2,6,9H2,1H3,(H,21,25)(H,22,26). The first-order valence-electron chi connectivity index (χ1n) is 7.70. The van der Waals surface area contributed by atoms with Crippen molar-refractivity contribution in [1.82, 2.24) is 20.4 Å². The van der Waals surface area contributed by atoms with Gasteiger partial charge in [-0.25, -0.2) is 4.68 Å². The van der Waals surface area contributed by atoms with Gasteiger partial charge in [0.25, 0.3) is 5.91 Å². The van der Waals surface area contributed by atoms with Crippen molar-refractivity contribution >= 4 is 23.4 Å². The van der Waals surface area contributed by atoms with E-state index in [4.69, 9.17) is 11.6 Å². The first-order chi connectivity index (χ1) is 12.2. The number of nitrogens with zero attached hydrogens (tertiary/aromatic N) is 2. The van der Waals surface area contributed by atoms with Gasteiger partial charge in [-0.1, -0.05) is 24.6 Å². The molecule has 0 radical (unpaired) electrons. The maximum Gasteiger partial charge on any atom is 0.434 e. The summed E-state index contributed by atoms with van der Waals surface area (Å²) in [5.41, 5.74) is -1.86. The fourth-order valence-corrected chi connectivity index (χ4v) is 2.36. The minimum Gasteiger partial charge on any atom is -0.355 e. The van der Waals surface area contributed by atoms with Gasteiger partial charge >= 0.3 is 6.18 Å². The van der Waals surface area contributed by atoms with Crippen LogP contribution in [-0.4, -0.2) is 34.7 Å². The molecule has 2 aromatic rings. The molecule has 2 N–H and O–H groups in total. The molecule has 0 aliphatic heterocycles. The van der Waals surface area contributed by atoms with E-state index >= 15 is 0 Å². The minimum absolute atomic E-state index is 0.0598. The summed E-state index contributed by atoms with van der Waals surface area (Å²) in [4.78, 5) is 23.6. The van der Waals surface area contributed by atoms with Crippen LogP contribution in [0.1, 0.15) is 29.4 Å². The average Bonchev–Trinajstić information content (AvgIpc) is 3.03. The molecule has 0 saturated carbocycles. The van der Waals surface area contributed by atoms with Gasteiger partial charge in [0.15, 0.2) is 5.69 Å². The highest BCUT2D eigenvalue weighted by atomic mass is 35.5. The van der Waals surface area contributed by atoms with E-state index in [9.17, 15) is 22.8 Å². The van der Waals surface area contributed by atoms with E-state index in [2.05, 4.69) is 15.7 Å². The van der Waals surface area contributed by atoms with E-state index < -0.39 is 35.8 Å². The van der Waals surface area contributed by atoms with Gasteiger partial charge in [-0.2, -0.15) is 18.3 Å². The number of rotatable bonds is 6. The van der Waals surface area contributed by atoms with Crippen molar-refractivity contribution in [3.63, 3.8) is 0 Å². The van der Waals surface area contributed by atoms with Crippen LogP contribution in [0.25, 0.3) is 5.69 Å². The predicted octanol–water partition coefficient (Wildman–Crippen LogP) is 2.80. The van der Waals surface area contributed by atoms with Crippen molar-refractivity contribution < 1.29 is 22.8 Å². The van der Waals surface area contributed by atoms with E-state index in [1.165, 1.54) is 24.3 Å². The van der Waals surface area contributed by atoms with Crippen LogP contribution in [0.2, 0.25) is 5.02 Å². The zero-order valence-electron chi connectivity index (χ0n) is 13.7. The van der Waals surface area contributed by atoms with Crippen LogP contribution in [-0.2, 0) is 11.0 Å². The monoisotopic (exact) mass is 388 g/mol. The van der Waals surface area contributed by atoms with Crippen LogP contribution < -0.4 is 10.6 Å². The Hall–Kier alpha value is -2.55. The summed E-state index contributed by atoms with van der Waals surface area (Å²) in [6.45, 7) is 1.83. The largest absolute Gasteiger partial charge is 0.434 e. The van der Waals surface area contributed by atoms with Gasteiger partial charge in [-0.05, 0) is 24.6 Å². The van der Waals surface area contributed by atoms with E-state index in [0.717, 1.165) is 6.20 Å². The molecular weight excluding hydrogens is 373 g/mol. The lowest BCUT2D eigenvalue weighted by Gasteiger charge is -2.13. The molecule has 0 aliphatic rings. The summed E-state index contributed by atoms with van der Waals surface area (Å²) in [5.74, 6) is -1.53. The van der Waals surface area contributed by atoms with E-state index in [-0.39, 0.29) is 10.7 Å². The first kappa shape index (κ1) is 19.8. The molecule has 0 spiro atoms. The van der Waals surface area contributed by atoms with Gasteiger partial charge in [0, 0.05) is 11.6 Å². The summed E-state index contributed by atoms with van der Waals surface area (Å²) in [6.07, 6.45) is -3.33. The summed E-state index contributed by atoms with van der Waals surface area (Å²) in [5, 5.41) is 8.57. The maximum absolute atomic E-state index is 13.5. The fourth-order valence-electron chi connectivity index (χ4n) is 2.17. The first-order valence-corrected chi connectivity index (χ1v) is 8.08. The Morgan fingerprint density at radius 1 is 1.27 bits per heavy atom. The Morgan fingerprint density at radius 2 is 2.00 bits per heavy atom. The van der Waals surface area contributed by atoms with E-state index in [0.29, 0.717) is 17.6 Å². The molecule has 10 heteroatoms. The molecule has 26 heavy (non-hydrogen) atoms. The maximum atomic E-state index is 13.5. The van der Waals surface area contributed by atoms with Crippen LogP contribution in [0.3, 0.4) is 0 Å². The molecule has 0 atom stereocenters. The quantitative estimate of drug-likeness (QED) is 0.799. The van der Waals surface area contributed by atoms with Crippen molar-refractivity contribution in [1.29, 1.82) is 0 Å². The Balaban J connectivity index is 2.29. The minimum atomic E-state index is -4.84. The highest BCUT2D eigenvalue weighted by molar-refractivity contribution is 6.30. The van der Waals surface area contributed by atoms with Crippen molar-refractivity contribution in [2.24, 2.45) is 0 Å². The average molecular weight is 389 g/mol. The van der Waals surface area contributed by atoms with Crippen molar-refractivity contribution in [2.45, 2.75) is 19.5 Å². The molecule has 0 bridgehead atoms. The van der Waals surface area contributed by atoms with E-state index in [1.54, 1.807) is 0 Å². The predicted molar refractivity (Wildman–Crippen MR) is 89.2 cm³/mol. The number of amides is 2. The van der Waals surface area contributed by atoms with Crippen molar-refractivity contribution in [3.05, 3.63) is 46.7 Å². The second-order valence-corrected chi connectivity index (χ2v) is 5.77. The number of benzene rings is 1. The number of halogens is 4. The molecule has 1 aromatic heterocycles. The van der Waals surface area contributed by atoms with Crippen molar-refractivity contribution in [3.8, 4) is 5.69 Å². The van der Waals surface area contributed by atoms with Gasteiger partial charge in [-0.3, -0.25) is 9.59 Å². The molecule has 6 nitrogen and oxygen atoms in total. The van der Waals surface area contributed by atoms with E-state index in [1.807, 2.05) is 6.92 Å². The summed E-state index contributed by atoms with van der Waals surface area (Å²) in [6, 6.07) is 5.65. The van der Waals surface area contributed by atoms with Crippen LogP contribution >= 0.6 is 11.6 Å². The Bertz CT molecular complexity index is 805. The third-order valence-corrected chi connectivity index (χ3v) is 3.55. The van der Waals surface area contributed by atoms with Gasteiger partial charge in [-0.15, -0.1) is 0 Å². The number of carbonyl (C=O) groups excluding carboxylic acids is 2. The zero-order valence-corrected chi connectivity index (χ0v) is 14.5. The van der Waals surface area contributed by atoms with Crippen LogP contribution in [0.5, 0.6) is 0 Å². The SMILES string of the molecule is CCCNC(=O)CNC(=O)c1cnn(-c2cccc(Cl)c2)c1C(F)(F)F. The summed E-state index contributed by atoms with van der Waals surface area (Å²) < 4.78 is 41.1. The second-order valence-electron chi connectivity index (χ2n) is 5.33. The Kier molecular flexibility index (Phi) is 6.25. The van der Waals surface area contributed by atoms with Gasteiger partial charge in [0.1, 0.15) is 0 Å². The fraction of sp³-hybridized carbons (Fsp3) is 0.312. The number of alkyl halides is 3. The van der Waals surface area contributed by atoms with Crippen LogP contribution in [0.15, 0.2) is 30.5 Å². The summed E-state index contributed by atoms with van der Waals surface area (Å²) in [7, 11) is 0. The molecule has 0 aliphatic carbocycles. The van der Waals surface area contributed by atoms with Crippen LogP contribution in [0.4, 0.5) is 13.2 Å². The third-order valence-electron chi connectivity index (χ3n) is 3.32. The number of carbonyl (C=O) groups is 2. The lowest BCUT2D eigenvalue weighted by molar-refractivity contribution is -0.143. The molecule has 140 valence electrons. The molecule has 0 fully saturated rings. The smallest absolute Gasteiger partial charge is 0.355 e. The number of hydrogen-bond donors (Lipinski definition) is 2. The number of hydrogen-bond acceptors (Lipinski definition) is 3. The van der Waals surface area contributed by atoms with Gasteiger partial charge < -0.3 is 10.6 Å². The molecule has 2 amide bonds. The molecule has 1 aromatic carbocycles. The normalized spacial score (nSPS) is 11.3. The number of nitrogens with one attached hydrogen (secondary N) is 2. The second kappa shape index (κ2) is 8.22. The molecular formula is C16H16ClF3N4O2. The number of aromatic nitrogens is 2. The Morgan fingerprint density at radius 3 is 2.62 bits per heavy atom. The molecule has 0 saturated heterocycles. The van der Waals surface area contributed by atoms with Crippen LogP contribution in [0, 0.1) is 0 Å². The third kappa shape index (κ3) is 4.75. The highest BCUT2D eigenvalue weighted by Gasteiger charge is 2.40. The topological polar surface area (TPSA) is 76.0 Å². The highest BCUT2D eigenvalue weighted by Crippen LogP contribution is 2.34. The zero-order chi connectivity index (χ0) is 19.3.